The van der Waals surface area contributed by atoms with Crippen molar-refractivity contribution in [1.29, 1.82) is 0 Å². The van der Waals surface area contributed by atoms with Gasteiger partial charge in [0.25, 0.3) is 5.69 Å². The van der Waals surface area contributed by atoms with E-state index in [1.54, 1.807) is 20.8 Å². The van der Waals surface area contributed by atoms with E-state index in [4.69, 9.17) is 4.74 Å². The van der Waals surface area contributed by atoms with Gasteiger partial charge in [-0.25, -0.2) is 9.78 Å². The predicted molar refractivity (Wildman–Crippen MR) is 90.6 cm³/mol. The molecule has 0 saturated carbocycles. The molecule has 1 unspecified atom stereocenters. The second kappa shape index (κ2) is 7.20. The van der Waals surface area contributed by atoms with Gasteiger partial charge < -0.3 is 9.64 Å². The summed E-state index contributed by atoms with van der Waals surface area (Å²) in [6.45, 7) is 5.49. The average Bonchev–Trinajstić information content (AvgIpc) is 2.51. The van der Waals surface area contributed by atoms with Crippen LogP contribution in [0.3, 0.4) is 0 Å². The first-order valence-electron chi connectivity index (χ1n) is 8.23. The maximum absolute atomic E-state index is 13.5. The van der Waals surface area contributed by atoms with Crippen LogP contribution in [0.25, 0.3) is 0 Å². The van der Waals surface area contributed by atoms with Gasteiger partial charge in [0, 0.05) is 25.7 Å². The number of halogens is 3. The van der Waals surface area contributed by atoms with E-state index in [-0.39, 0.29) is 30.3 Å². The molecule has 11 heteroatoms. The lowest BCUT2D eigenvalue weighted by Gasteiger charge is -2.42. The van der Waals surface area contributed by atoms with Gasteiger partial charge in [0.1, 0.15) is 23.2 Å². The second-order valence-electron chi connectivity index (χ2n) is 7.21. The molecule has 0 spiro atoms. The molecule has 1 aliphatic heterocycles. The van der Waals surface area contributed by atoms with Crippen molar-refractivity contribution >= 4 is 17.6 Å². The third kappa shape index (κ3) is 4.98. The molecule has 0 N–H and O–H groups in total. The molecule has 1 saturated heterocycles. The van der Waals surface area contributed by atoms with Crippen LogP contribution >= 0.6 is 0 Å². The average molecular weight is 390 g/mol. The number of hydrogen-bond donors (Lipinski definition) is 0. The molecule has 1 fully saturated rings. The fraction of sp³-hybridized carbons (Fsp3) is 0.625. The van der Waals surface area contributed by atoms with Crippen molar-refractivity contribution in [3.05, 3.63) is 27.9 Å². The van der Waals surface area contributed by atoms with E-state index in [2.05, 4.69) is 4.98 Å². The Kier molecular flexibility index (Phi) is 5.52. The predicted octanol–water partition coefficient (Wildman–Crippen LogP) is 3.29. The second-order valence-corrected chi connectivity index (χ2v) is 7.21. The van der Waals surface area contributed by atoms with Crippen molar-refractivity contribution in [2.75, 3.05) is 24.5 Å². The summed E-state index contributed by atoms with van der Waals surface area (Å²) < 4.78 is 45.7. The summed E-state index contributed by atoms with van der Waals surface area (Å²) in [6, 6.07) is 0.445. The molecule has 27 heavy (non-hydrogen) atoms. The highest BCUT2D eigenvalue weighted by atomic mass is 19.4. The summed E-state index contributed by atoms with van der Waals surface area (Å²) in [7, 11) is 0. The molecule has 1 aromatic heterocycles. The lowest BCUT2D eigenvalue weighted by molar-refractivity contribution is -0.385. The maximum atomic E-state index is 13.5. The van der Waals surface area contributed by atoms with Gasteiger partial charge in [-0.15, -0.1) is 0 Å². The Labute approximate surface area is 154 Å². The number of ether oxygens (including phenoxy) is 1. The number of nitro groups is 1. The lowest BCUT2D eigenvalue weighted by Crippen LogP contribution is -2.61. The SMILES string of the molecule is Cc1nc(N2CCN(C(=O)OC(C)(C)C)C(C(F)(F)F)C2)ccc1[N+](=O)[O-]. The molecule has 2 heterocycles. The highest BCUT2D eigenvalue weighted by Crippen LogP contribution is 2.31. The van der Waals surface area contributed by atoms with Crippen molar-refractivity contribution in [3.8, 4) is 0 Å². The van der Waals surface area contributed by atoms with Gasteiger partial charge >= 0.3 is 12.3 Å². The summed E-state index contributed by atoms with van der Waals surface area (Å²) in [5, 5.41) is 10.9. The van der Waals surface area contributed by atoms with E-state index in [0.717, 1.165) is 0 Å². The normalized spacial score (nSPS) is 18.4. The lowest BCUT2D eigenvalue weighted by atomic mass is 10.1. The molecule has 150 valence electrons. The molecule has 8 nitrogen and oxygen atoms in total. The quantitative estimate of drug-likeness (QED) is 0.569. The fourth-order valence-corrected chi connectivity index (χ4v) is 2.72. The smallest absolute Gasteiger partial charge is 0.410 e. The molecule has 0 bridgehead atoms. The number of nitrogens with zero attached hydrogens (tertiary/aromatic N) is 4. The number of hydrogen-bond acceptors (Lipinski definition) is 6. The zero-order valence-corrected chi connectivity index (χ0v) is 15.4. The van der Waals surface area contributed by atoms with Gasteiger partial charge in [-0.05, 0) is 33.8 Å². The molecule has 0 aliphatic carbocycles. The molecule has 1 atom stereocenters. The van der Waals surface area contributed by atoms with Crippen molar-refractivity contribution < 1.29 is 27.6 Å². The number of amides is 1. The van der Waals surface area contributed by atoms with Gasteiger partial charge in [-0.1, -0.05) is 0 Å². The van der Waals surface area contributed by atoms with Crippen LogP contribution in [-0.2, 0) is 4.74 Å². The molecular formula is C16H21F3N4O4. The van der Waals surface area contributed by atoms with Gasteiger partial charge in [0.15, 0.2) is 0 Å². The Morgan fingerprint density at radius 3 is 2.41 bits per heavy atom. The summed E-state index contributed by atoms with van der Waals surface area (Å²) in [5.74, 6) is 0.191. The van der Waals surface area contributed by atoms with Gasteiger partial charge in [-0.2, -0.15) is 13.2 Å². The molecule has 2 rings (SSSR count). The number of carbonyl (C=O) groups is 1. The Morgan fingerprint density at radius 2 is 1.93 bits per heavy atom. The van der Waals surface area contributed by atoms with Crippen LogP contribution in [0.15, 0.2) is 12.1 Å². The zero-order chi connectivity index (χ0) is 20.6. The molecule has 0 radical (unpaired) electrons. The van der Waals surface area contributed by atoms with E-state index in [9.17, 15) is 28.1 Å². The van der Waals surface area contributed by atoms with E-state index in [0.29, 0.717) is 4.90 Å². The van der Waals surface area contributed by atoms with E-state index >= 15 is 0 Å². The van der Waals surface area contributed by atoms with Crippen molar-refractivity contribution in [2.24, 2.45) is 0 Å². The summed E-state index contributed by atoms with van der Waals surface area (Å²) in [6.07, 6.45) is -5.69. The number of carbonyl (C=O) groups excluding carboxylic acids is 1. The first-order chi connectivity index (χ1) is 12.3. The Morgan fingerprint density at radius 1 is 1.30 bits per heavy atom. The Bertz CT molecular complexity index is 733. The summed E-state index contributed by atoms with van der Waals surface area (Å²) in [5.41, 5.74) is -1.02. The minimum atomic E-state index is -4.66. The molecular weight excluding hydrogens is 369 g/mol. The number of aryl methyl sites for hydroxylation is 1. The topological polar surface area (TPSA) is 88.8 Å². The first-order valence-corrected chi connectivity index (χ1v) is 8.23. The van der Waals surface area contributed by atoms with Crippen molar-refractivity contribution in [2.45, 2.75) is 45.5 Å². The number of piperazine rings is 1. The number of anilines is 1. The Hall–Kier alpha value is -2.59. The summed E-state index contributed by atoms with van der Waals surface area (Å²) in [4.78, 5) is 28.5. The largest absolute Gasteiger partial charge is 0.444 e. The number of pyridine rings is 1. The van der Waals surface area contributed by atoms with E-state index in [1.807, 2.05) is 0 Å². The van der Waals surface area contributed by atoms with Crippen LogP contribution < -0.4 is 4.90 Å². The van der Waals surface area contributed by atoms with Gasteiger partial charge in [0.2, 0.25) is 0 Å². The van der Waals surface area contributed by atoms with E-state index in [1.165, 1.54) is 24.0 Å². The summed E-state index contributed by atoms with van der Waals surface area (Å²) >= 11 is 0. The van der Waals surface area contributed by atoms with E-state index < -0.39 is 35.4 Å². The minimum Gasteiger partial charge on any atom is -0.444 e. The molecule has 1 aromatic rings. The third-order valence-electron chi connectivity index (χ3n) is 3.95. The van der Waals surface area contributed by atoms with Crippen LogP contribution in [-0.4, -0.2) is 58.4 Å². The zero-order valence-electron chi connectivity index (χ0n) is 15.4. The van der Waals surface area contributed by atoms with Gasteiger partial charge in [-0.3, -0.25) is 15.0 Å². The Balaban J connectivity index is 2.25. The number of rotatable bonds is 2. The number of alkyl halides is 3. The molecule has 0 aromatic carbocycles. The standard InChI is InChI=1S/C16H21F3N4O4/c1-10-11(23(25)26)5-6-13(20-10)21-7-8-22(12(9-21)16(17,18)19)14(24)27-15(2,3)4/h5-6,12H,7-9H2,1-4H3. The highest BCUT2D eigenvalue weighted by Gasteiger charge is 2.49. The molecule has 1 amide bonds. The maximum Gasteiger partial charge on any atom is 0.410 e. The fourth-order valence-electron chi connectivity index (χ4n) is 2.72. The van der Waals surface area contributed by atoms with Crippen LogP contribution in [0.1, 0.15) is 26.5 Å². The third-order valence-corrected chi connectivity index (χ3v) is 3.95. The van der Waals surface area contributed by atoms with Crippen LogP contribution in [0.5, 0.6) is 0 Å². The molecule has 1 aliphatic rings. The van der Waals surface area contributed by atoms with Gasteiger partial charge in [0.05, 0.1) is 4.92 Å². The van der Waals surface area contributed by atoms with Crippen molar-refractivity contribution in [3.63, 3.8) is 0 Å². The van der Waals surface area contributed by atoms with Crippen LogP contribution in [0.4, 0.5) is 29.5 Å². The van der Waals surface area contributed by atoms with Crippen LogP contribution in [0, 0.1) is 17.0 Å². The minimum absolute atomic E-state index is 0.0933. The monoisotopic (exact) mass is 390 g/mol. The number of aromatic nitrogens is 1. The highest BCUT2D eigenvalue weighted by molar-refractivity contribution is 5.69. The van der Waals surface area contributed by atoms with Crippen molar-refractivity contribution in [1.82, 2.24) is 9.88 Å². The van der Waals surface area contributed by atoms with Crippen LogP contribution in [0.2, 0.25) is 0 Å². The first kappa shape index (κ1) is 20.7.